The first-order chi connectivity index (χ1) is 23.2. The van der Waals surface area contributed by atoms with E-state index in [0.717, 1.165) is 16.8 Å². The normalized spacial score (nSPS) is 14.5. The summed E-state index contributed by atoms with van der Waals surface area (Å²) in [6, 6.07) is 21.3. The molecule has 13 heteroatoms. The Bertz CT molecular complexity index is 2340. The topological polar surface area (TPSA) is 141 Å². The Morgan fingerprint density at radius 2 is 1.77 bits per heavy atom. The van der Waals surface area contributed by atoms with Crippen LogP contribution in [0.15, 0.2) is 108 Å². The molecule has 7 rings (SSSR count). The molecule has 1 aliphatic rings. The number of allylic oxidation sites excluding steroid dienone is 1. The number of hydrogen-bond donors (Lipinski definition) is 1. The van der Waals surface area contributed by atoms with Crippen molar-refractivity contribution in [2.45, 2.75) is 38.5 Å². The van der Waals surface area contributed by atoms with Crippen molar-refractivity contribution < 1.29 is 22.1 Å². The predicted molar refractivity (Wildman–Crippen MR) is 181 cm³/mol. The van der Waals surface area contributed by atoms with Gasteiger partial charge in [0.05, 0.1) is 11.1 Å². The molecule has 0 bridgehead atoms. The second-order valence-corrected chi connectivity index (χ2v) is 12.9. The highest BCUT2D eigenvalue weighted by Gasteiger charge is 2.32. The van der Waals surface area contributed by atoms with Crippen molar-refractivity contribution in [3.63, 3.8) is 0 Å². The Balaban J connectivity index is 1.12. The van der Waals surface area contributed by atoms with E-state index < -0.39 is 10.1 Å². The minimum atomic E-state index is -4.09. The molecule has 0 aliphatic carbocycles. The van der Waals surface area contributed by atoms with Crippen molar-refractivity contribution in [1.82, 2.24) is 24.6 Å². The molecular formula is C35H31N7O5S. The average Bonchev–Trinajstić information content (AvgIpc) is 3.71. The quantitative estimate of drug-likeness (QED) is 0.102. The SMILES string of the molecule is CCC(OS(=O)(=O)c1ccc(C)cc1)=C1CCN(c2ccc3ncnc(Nc4ccc(Oc5ccn6ncnc6c5)c(C)c4)c3c2)C1=O. The van der Waals surface area contributed by atoms with Gasteiger partial charge >= 0.3 is 10.1 Å². The van der Waals surface area contributed by atoms with E-state index in [1.54, 1.807) is 34.7 Å². The second-order valence-electron chi connectivity index (χ2n) is 11.4. The van der Waals surface area contributed by atoms with Crippen LogP contribution in [0.1, 0.15) is 30.9 Å². The lowest BCUT2D eigenvalue weighted by atomic mass is 10.1. The number of aryl methyl sites for hydroxylation is 2. The Morgan fingerprint density at radius 3 is 2.56 bits per heavy atom. The van der Waals surface area contributed by atoms with Crippen LogP contribution in [0, 0.1) is 13.8 Å². The van der Waals surface area contributed by atoms with Gasteiger partial charge in [0.1, 0.15) is 40.6 Å². The molecule has 0 spiro atoms. The first-order valence-corrected chi connectivity index (χ1v) is 16.7. The molecule has 4 heterocycles. The monoisotopic (exact) mass is 661 g/mol. The zero-order valence-electron chi connectivity index (χ0n) is 26.4. The van der Waals surface area contributed by atoms with Crippen LogP contribution in [0.4, 0.5) is 17.2 Å². The Morgan fingerprint density at radius 1 is 0.938 bits per heavy atom. The smallest absolute Gasteiger partial charge is 0.338 e. The first-order valence-electron chi connectivity index (χ1n) is 15.3. The molecule has 12 nitrogen and oxygen atoms in total. The molecule has 1 amide bonds. The van der Waals surface area contributed by atoms with Gasteiger partial charge in [-0.05, 0) is 80.4 Å². The van der Waals surface area contributed by atoms with E-state index in [0.29, 0.717) is 58.1 Å². The summed E-state index contributed by atoms with van der Waals surface area (Å²) >= 11 is 0. The molecule has 0 radical (unpaired) electrons. The minimum Gasteiger partial charge on any atom is -0.457 e. The van der Waals surface area contributed by atoms with E-state index in [-0.39, 0.29) is 23.0 Å². The maximum atomic E-state index is 13.7. The second kappa shape index (κ2) is 12.4. The summed E-state index contributed by atoms with van der Waals surface area (Å²) in [4.78, 5) is 28.4. The van der Waals surface area contributed by atoms with Crippen LogP contribution in [0.5, 0.6) is 11.5 Å². The minimum absolute atomic E-state index is 0.0407. The zero-order chi connectivity index (χ0) is 33.4. The van der Waals surface area contributed by atoms with Crippen LogP contribution in [0.2, 0.25) is 0 Å². The standard InChI is InChI=1S/C35H31N7O5S/c1-4-31(47-48(44,45)27-9-5-22(2)6-10-27)28-14-15-41(35(28)43)25-8-11-30-29(18-25)34(38-20-36-30)40-24-7-12-32(23(3)17-24)46-26-13-16-42-33(19-26)37-21-39-42/h5-13,16-21H,4,14-15H2,1-3H3,(H,36,38,40). The van der Waals surface area contributed by atoms with Gasteiger partial charge in [0.25, 0.3) is 5.91 Å². The number of pyridine rings is 1. The molecule has 3 aromatic carbocycles. The number of benzene rings is 3. The summed E-state index contributed by atoms with van der Waals surface area (Å²) in [6.07, 6.45) is 5.36. The molecule has 6 aromatic rings. The molecule has 1 fully saturated rings. The lowest BCUT2D eigenvalue weighted by molar-refractivity contribution is -0.114. The maximum Gasteiger partial charge on any atom is 0.338 e. The third kappa shape index (κ3) is 6.02. The number of hydrogen-bond acceptors (Lipinski definition) is 10. The van der Waals surface area contributed by atoms with Gasteiger partial charge in [-0.1, -0.05) is 24.6 Å². The van der Waals surface area contributed by atoms with Gasteiger partial charge in [0.2, 0.25) is 0 Å². The summed E-state index contributed by atoms with van der Waals surface area (Å²) < 4.78 is 39.3. The number of ether oxygens (including phenoxy) is 1. The molecular weight excluding hydrogens is 630 g/mol. The van der Waals surface area contributed by atoms with Crippen molar-refractivity contribution in [1.29, 1.82) is 0 Å². The summed E-state index contributed by atoms with van der Waals surface area (Å²) in [5, 5.41) is 8.21. The van der Waals surface area contributed by atoms with Gasteiger partial charge in [0.15, 0.2) is 5.65 Å². The maximum absolute atomic E-state index is 13.7. The van der Waals surface area contributed by atoms with E-state index in [4.69, 9.17) is 8.92 Å². The Hall–Kier alpha value is -5.82. The Kier molecular flexibility index (Phi) is 7.97. The van der Waals surface area contributed by atoms with Crippen LogP contribution in [0.3, 0.4) is 0 Å². The van der Waals surface area contributed by atoms with E-state index in [1.807, 2.05) is 62.4 Å². The molecule has 48 heavy (non-hydrogen) atoms. The summed E-state index contributed by atoms with van der Waals surface area (Å²) in [5.41, 5.74) is 4.99. The van der Waals surface area contributed by atoms with E-state index in [9.17, 15) is 13.2 Å². The summed E-state index contributed by atoms with van der Waals surface area (Å²) in [6.45, 7) is 5.97. The molecule has 242 valence electrons. The summed E-state index contributed by atoms with van der Waals surface area (Å²) in [7, 11) is -4.09. The van der Waals surface area contributed by atoms with Crippen molar-refractivity contribution in [3.8, 4) is 11.5 Å². The number of carbonyl (C=O) groups is 1. The number of anilines is 3. The van der Waals surface area contributed by atoms with Gasteiger partial charge in [-0.2, -0.15) is 13.5 Å². The number of nitrogens with one attached hydrogen (secondary N) is 1. The average molecular weight is 662 g/mol. The van der Waals surface area contributed by atoms with Crippen molar-refractivity contribution >= 4 is 49.8 Å². The number of aromatic nitrogens is 5. The van der Waals surface area contributed by atoms with Crippen LogP contribution in [-0.2, 0) is 19.1 Å². The van der Waals surface area contributed by atoms with Gasteiger partial charge in [-0.25, -0.2) is 19.5 Å². The molecule has 1 saturated heterocycles. The summed E-state index contributed by atoms with van der Waals surface area (Å²) in [5.74, 6) is 1.75. The van der Waals surface area contributed by atoms with Crippen molar-refractivity contribution in [3.05, 3.63) is 114 Å². The molecule has 0 saturated carbocycles. The molecule has 0 unspecified atom stereocenters. The predicted octanol–water partition coefficient (Wildman–Crippen LogP) is 6.63. The molecule has 0 atom stereocenters. The van der Waals surface area contributed by atoms with Crippen LogP contribution in [0.25, 0.3) is 16.6 Å². The van der Waals surface area contributed by atoms with Crippen LogP contribution in [-0.4, -0.2) is 45.4 Å². The van der Waals surface area contributed by atoms with E-state index >= 15 is 0 Å². The van der Waals surface area contributed by atoms with Crippen LogP contribution < -0.4 is 15.0 Å². The van der Waals surface area contributed by atoms with Crippen molar-refractivity contribution in [2.24, 2.45) is 0 Å². The van der Waals surface area contributed by atoms with Gasteiger partial charge in [0, 0.05) is 42.0 Å². The van der Waals surface area contributed by atoms with Gasteiger partial charge in [-0.15, -0.1) is 0 Å². The molecule has 3 aromatic heterocycles. The van der Waals surface area contributed by atoms with Gasteiger partial charge in [-0.3, -0.25) is 4.79 Å². The number of carbonyl (C=O) groups excluding carboxylic acids is 1. The number of nitrogens with zero attached hydrogens (tertiary/aromatic N) is 6. The van der Waals surface area contributed by atoms with E-state index in [1.165, 1.54) is 24.8 Å². The highest BCUT2D eigenvalue weighted by Crippen LogP contribution is 2.34. The fourth-order valence-electron chi connectivity index (χ4n) is 5.59. The highest BCUT2D eigenvalue weighted by atomic mass is 32.2. The first kappa shape index (κ1) is 30.8. The fourth-order valence-corrected chi connectivity index (χ4v) is 6.63. The molecule has 1 N–H and O–H groups in total. The highest BCUT2D eigenvalue weighted by molar-refractivity contribution is 7.86. The number of fused-ring (bicyclic) bond motifs is 2. The van der Waals surface area contributed by atoms with Gasteiger partial charge < -0.3 is 19.1 Å². The third-order valence-electron chi connectivity index (χ3n) is 8.11. The lowest BCUT2D eigenvalue weighted by Crippen LogP contribution is -2.25. The van der Waals surface area contributed by atoms with Crippen LogP contribution >= 0.6 is 0 Å². The Labute approximate surface area is 276 Å². The fraction of sp³-hybridized carbons (Fsp3) is 0.171. The largest absolute Gasteiger partial charge is 0.457 e. The molecule has 1 aliphatic heterocycles. The van der Waals surface area contributed by atoms with Crippen molar-refractivity contribution in [2.75, 3.05) is 16.8 Å². The number of amides is 1. The zero-order valence-corrected chi connectivity index (χ0v) is 27.2. The lowest BCUT2D eigenvalue weighted by Gasteiger charge is -2.18. The third-order valence-corrected chi connectivity index (χ3v) is 9.38. The van der Waals surface area contributed by atoms with E-state index in [2.05, 4.69) is 25.4 Å². The number of rotatable bonds is 9.